The molecule has 1 aliphatic carbocycles. The van der Waals surface area contributed by atoms with Crippen molar-refractivity contribution in [3.05, 3.63) is 59.5 Å². The van der Waals surface area contributed by atoms with Gasteiger partial charge in [0, 0.05) is 35.4 Å². The maximum Gasteiger partial charge on any atom is 0.417 e. The third-order valence-electron chi connectivity index (χ3n) is 5.77. The predicted octanol–water partition coefficient (Wildman–Crippen LogP) is 7.80. The summed E-state index contributed by atoms with van der Waals surface area (Å²) in [6, 6.07) is 8.25. The summed E-state index contributed by atoms with van der Waals surface area (Å²) in [5.41, 5.74) is 1.48. The molecular weight excluding hydrogens is 436 g/mol. The molecule has 1 N–H and O–H groups in total. The van der Waals surface area contributed by atoms with E-state index in [1.807, 2.05) is 6.07 Å². The molecule has 0 aliphatic heterocycles. The molecule has 172 valence electrons. The van der Waals surface area contributed by atoms with E-state index >= 15 is 0 Å². The number of hydrogen-bond donors (Lipinski definition) is 1. The van der Waals surface area contributed by atoms with Gasteiger partial charge < -0.3 is 4.57 Å². The molecule has 3 aromatic rings. The molecule has 0 spiro atoms. The lowest BCUT2D eigenvalue weighted by Crippen LogP contribution is -2.19. The number of benzene rings is 2. The average molecular weight is 465 g/mol. The summed E-state index contributed by atoms with van der Waals surface area (Å²) in [7, 11) is 0. The third kappa shape index (κ3) is 5.15. The normalized spacial score (nSPS) is 15.3. The fraction of sp³-hybridized carbons (Fsp3) is 0.440. The van der Waals surface area contributed by atoms with Gasteiger partial charge in [0.05, 0.1) is 5.56 Å². The Labute approximate surface area is 190 Å². The molecule has 32 heavy (non-hydrogen) atoms. The predicted molar refractivity (Wildman–Crippen MR) is 124 cm³/mol. The van der Waals surface area contributed by atoms with Crippen LogP contribution in [0.5, 0.6) is 0 Å². The second kappa shape index (κ2) is 8.75. The Hall–Kier alpha value is -1.99. The smallest absolute Gasteiger partial charge is 0.347 e. The van der Waals surface area contributed by atoms with Crippen LogP contribution in [0.25, 0.3) is 22.0 Å². The highest BCUT2D eigenvalue weighted by Gasteiger charge is 2.34. The van der Waals surface area contributed by atoms with Gasteiger partial charge in [-0.05, 0) is 53.1 Å². The van der Waals surface area contributed by atoms with E-state index in [1.54, 1.807) is 24.1 Å². The molecule has 1 aliphatic rings. The van der Waals surface area contributed by atoms with Gasteiger partial charge >= 0.3 is 6.18 Å². The molecule has 1 fully saturated rings. The lowest BCUT2D eigenvalue weighted by atomic mass is 9.96. The maximum atomic E-state index is 13.6. The molecule has 1 saturated carbocycles. The SMILES string of the molecule is CC(C)(C)Cn1cc(CNSC2CCC2)c2ccc(-c3ccc(F)cc3C(F)(F)F)cc21. The minimum atomic E-state index is -4.63. The monoisotopic (exact) mass is 464 g/mol. The van der Waals surface area contributed by atoms with Crippen LogP contribution in [0.15, 0.2) is 42.6 Å². The first-order valence-electron chi connectivity index (χ1n) is 10.9. The average Bonchev–Trinajstić information content (AvgIpc) is 2.98. The Morgan fingerprint density at radius 1 is 1.06 bits per heavy atom. The summed E-state index contributed by atoms with van der Waals surface area (Å²) in [6.45, 7) is 7.83. The number of nitrogens with one attached hydrogen (secondary N) is 1. The van der Waals surface area contributed by atoms with E-state index in [1.165, 1.54) is 25.3 Å². The van der Waals surface area contributed by atoms with Crippen molar-refractivity contribution in [2.45, 2.75) is 64.5 Å². The molecule has 0 atom stereocenters. The van der Waals surface area contributed by atoms with Crippen molar-refractivity contribution < 1.29 is 17.6 Å². The summed E-state index contributed by atoms with van der Waals surface area (Å²) in [4.78, 5) is 0. The Balaban J connectivity index is 1.74. The standard InChI is InChI=1S/C25H28F4N2S/c1-24(2,3)15-31-14-17(13-30-32-19-5-4-6-19)21-9-7-16(11-23(21)31)20-10-8-18(26)12-22(20)25(27,28)29/h7-12,14,19,30H,4-6,13,15H2,1-3H3. The molecule has 7 heteroatoms. The summed E-state index contributed by atoms with van der Waals surface area (Å²) < 4.78 is 60.0. The third-order valence-corrected chi connectivity index (χ3v) is 6.89. The van der Waals surface area contributed by atoms with Crippen LogP contribution in [0, 0.1) is 11.2 Å². The highest BCUT2D eigenvalue weighted by molar-refractivity contribution is 7.98. The fourth-order valence-corrected chi connectivity index (χ4v) is 5.09. The van der Waals surface area contributed by atoms with Crippen LogP contribution in [0.2, 0.25) is 0 Å². The number of alkyl halides is 3. The summed E-state index contributed by atoms with van der Waals surface area (Å²) in [6.07, 6.45) is 1.24. The maximum absolute atomic E-state index is 13.6. The van der Waals surface area contributed by atoms with Crippen LogP contribution < -0.4 is 4.72 Å². The number of halogens is 4. The Morgan fingerprint density at radius 2 is 1.81 bits per heavy atom. The van der Waals surface area contributed by atoms with Crippen LogP contribution in [-0.2, 0) is 19.3 Å². The van der Waals surface area contributed by atoms with Gasteiger partial charge in [-0.15, -0.1) is 0 Å². The molecule has 4 rings (SSSR count). The molecule has 1 aromatic heterocycles. The van der Waals surface area contributed by atoms with Crippen LogP contribution >= 0.6 is 11.9 Å². The Bertz CT molecular complexity index is 1110. The molecule has 0 radical (unpaired) electrons. The first kappa shape index (κ1) is 23.2. The van der Waals surface area contributed by atoms with Gasteiger partial charge in [0.25, 0.3) is 0 Å². The fourth-order valence-electron chi connectivity index (χ4n) is 4.05. The van der Waals surface area contributed by atoms with E-state index in [0.29, 0.717) is 23.4 Å². The molecule has 2 nitrogen and oxygen atoms in total. The number of rotatable bonds is 6. The van der Waals surface area contributed by atoms with Crippen molar-refractivity contribution in [2.75, 3.05) is 0 Å². The first-order valence-corrected chi connectivity index (χ1v) is 11.8. The molecule has 2 aromatic carbocycles. The van der Waals surface area contributed by atoms with Crippen molar-refractivity contribution in [3.63, 3.8) is 0 Å². The zero-order chi connectivity index (χ0) is 23.1. The number of fused-ring (bicyclic) bond motifs is 1. The number of hydrogen-bond acceptors (Lipinski definition) is 2. The summed E-state index contributed by atoms with van der Waals surface area (Å²) >= 11 is 1.78. The van der Waals surface area contributed by atoms with E-state index in [2.05, 4.69) is 36.3 Å². The lowest BCUT2D eigenvalue weighted by molar-refractivity contribution is -0.137. The zero-order valence-electron chi connectivity index (χ0n) is 18.5. The van der Waals surface area contributed by atoms with E-state index < -0.39 is 17.6 Å². The van der Waals surface area contributed by atoms with E-state index in [4.69, 9.17) is 0 Å². The minimum absolute atomic E-state index is 0.000336. The zero-order valence-corrected chi connectivity index (χ0v) is 19.3. The largest absolute Gasteiger partial charge is 0.417 e. The van der Waals surface area contributed by atoms with Crippen molar-refractivity contribution >= 4 is 22.9 Å². The molecule has 0 bridgehead atoms. The molecule has 0 unspecified atom stereocenters. The van der Waals surface area contributed by atoms with Gasteiger partial charge in [0.1, 0.15) is 5.82 Å². The van der Waals surface area contributed by atoms with E-state index in [9.17, 15) is 17.6 Å². The van der Waals surface area contributed by atoms with Gasteiger partial charge in [0.2, 0.25) is 0 Å². The molecule has 0 saturated heterocycles. The lowest BCUT2D eigenvalue weighted by Gasteiger charge is -2.24. The van der Waals surface area contributed by atoms with E-state index in [0.717, 1.165) is 29.1 Å². The van der Waals surface area contributed by atoms with Gasteiger partial charge in [0.15, 0.2) is 0 Å². The van der Waals surface area contributed by atoms with Crippen molar-refractivity contribution in [2.24, 2.45) is 5.41 Å². The van der Waals surface area contributed by atoms with Gasteiger partial charge in [-0.25, -0.2) is 4.39 Å². The van der Waals surface area contributed by atoms with Crippen LogP contribution in [0.4, 0.5) is 17.6 Å². The van der Waals surface area contributed by atoms with Crippen molar-refractivity contribution in [1.82, 2.24) is 9.29 Å². The van der Waals surface area contributed by atoms with Crippen LogP contribution in [0.3, 0.4) is 0 Å². The Kier molecular flexibility index (Phi) is 6.34. The molecular formula is C25H28F4N2S. The second-order valence-electron chi connectivity index (χ2n) is 9.75. The highest BCUT2D eigenvalue weighted by atomic mass is 32.2. The number of nitrogens with zero attached hydrogens (tertiary/aromatic N) is 1. The van der Waals surface area contributed by atoms with Crippen LogP contribution in [-0.4, -0.2) is 9.82 Å². The van der Waals surface area contributed by atoms with E-state index in [-0.39, 0.29) is 11.0 Å². The second-order valence-corrected chi connectivity index (χ2v) is 10.9. The quantitative estimate of drug-likeness (QED) is 0.296. The van der Waals surface area contributed by atoms with Crippen molar-refractivity contribution in [1.29, 1.82) is 0 Å². The summed E-state index contributed by atoms with van der Waals surface area (Å²) in [5, 5.41) is 1.69. The highest BCUT2D eigenvalue weighted by Crippen LogP contribution is 2.39. The minimum Gasteiger partial charge on any atom is -0.347 e. The number of aromatic nitrogens is 1. The van der Waals surface area contributed by atoms with Gasteiger partial charge in [-0.2, -0.15) is 13.2 Å². The topological polar surface area (TPSA) is 17.0 Å². The Morgan fingerprint density at radius 3 is 2.44 bits per heavy atom. The summed E-state index contributed by atoms with van der Waals surface area (Å²) in [5.74, 6) is -0.893. The first-order chi connectivity index (χ1) is 15.0. The van der Waals surface area contributed by atoms with Crippen LogP contribution in [0.1, 0.15) is 51.2 Å². The van der Waals surface area contributed by atoms with Gasteiger partial charge in [-0.3, -0.25) is 4.72 Å². The van der Waals surface area contributed by atoms with Gasteiger partial charge in [-0.1, -0.05) is 57.3 Å². The molecule has 1 heterocycles. The van der Waals surface area contributed by atoms with Crippen molar-refractivity contribution in [3.8, 4) is 11.1 Å². The molecule has 0 amide bonds.